The number of carboxylic acids is 1. The predicted molar refractivity (Wildman–Crippen MR) is 157 cm³/mol. The first-order valence-electron chi connectivity index (χ1n) is 14.1. The molecular weight excluding hydrogens is 566 g/mol. The highest BCUT2D eigenvalue weighted by Gasteiger charge is 2.27. The van der Waals surface area contributed by atoms with Crippen LogP contribution in [0.3, 0.4) is 0 Å². The fraction of sp³-hybridized carbons (Fsp3) is 0.333. The van der Waals surface area contributed by atoms with E-state index in [1.165, 1.54) is 13.4 Å². The van der Waals surface area contributed by atoms with Crippen LogP contribution in [0.15, 0.2) is 55.1 Å². The van der Waals surface area contributed by atoms with E-state index in [4.69, 9.17) is 9.47 Å². The second-order valence-corrected chi connectivity index (χ2v) is 10.5. The van der Waals surface area contributed by atoms with Gasteiger partial charge < -0.3 is 25.2 Å². The SMILES string of the molecule is COc1ccc(C(=O)NC2CCC(C(=O)O)CC2)cc1Nc1ncc(-c2ccc(C#N)c(OC(C)Cn3cnnn3)c2)cn1. The van der Waals surface area contributed by atoms with Crippen LogP contribution in [0, 0.1) is 17.2 Å². The number of nitrogens with one attached hydrogen (secondary N) is 2. The van der Waals surface area contributed by atoms with Crippen molar-refractivity contribution in [3.05, 3.63) is 66.2 Å². The lowest BCUT2D eigenvalue weighted by Crippen LogP contribution is -2.38. The Bertz CT molecular complexity index is 1650. The maximum absolute atomic E-state index is 13.0. The third kappa shape index (κ3) is 7.24. The lowest BCUT2D eigenvalue weighted by molar-refractivity contribution is -0.142. The van der Waals surface area contributed by atoms with Crippen molar-refractivity contribution in [3.8, 4) is 28.7 Å². The van der Waals surface area contributed by atoms with Crippen molar-refractivity contribution in [2.75, 3.05) is 12.4 Å². The van der Waals surface area contributed by atoms with E-state index in [1.54, 1.807) is 53.5 Å². The van der Waals surface area contributed by atoms with E-state index in [9.17, 15) is 20.0 Å². The molecule has 0 radical (unpaired) electrons. The molecule has 1 saturated carbocycles. The summed E-state index contributed by atoms with van der Waals surface area (Å²) in [5.41, 5.74) is 2.78. The third-order valence-electron chi connectivity index (χ3n) is 7.37. The Morgan fingerprint density at radius 2 is 1.86 bits per heavy atom. The summed E-state index contributed by atoms with van der Waals surface area (Å²) in [6, 6.07) is 12.3. The molecule has 5 rings (SSSR count). The van der Waals surface area contributed by atoms with Gasteiger partial charge in [0.2, 0.25) is 5.95 Å². The van der Waals surface area contributed by atoms with Gasteiger partial charge in [0, 0.05) is 29.6 Å². The van der Waals surface area contributed by atoms with Crippen molar-refractivity contribution in [3.63, 3.8) is 0 Å². The molecule has 1 aliphatic rings. The summed E-state index contributed by atoms with van der Waals surface area (Å²) >= 11 is 0. The molecule has 2 aromatic heterocycles. The average Bonchev–Trinajstić information content (AvgIpc) is 3.54. The number of aromatic nitrogens is 6. The zero-order valence-electron chi connectivity index (χ0n) is 24.2. The normalized spacial score (nSPS) is 16.8. The van der Waals surface area contributed by atoms with Crippen molar-refractivity contribution in [1.82, 2.24) is 35.5 Å². The predicted octanol–water partition coefficient (Wildman–Crippen LogP) is 3.59. The van der Waals surface area contributed by atoms with Crippen molar-refractivity contribution >= 4 is 23.5 Å². The Balaban J connectivity index is 1.26. The smallest absolute Gasteiger partial charge is 0.306 e. The molecule has 0 aliphatic heterocycles. The number of nitrogens with zero attached hydrogens (tertiary/aromatic N) is 7. The number of carbonyl (C=O) groups excluding carboxylic acids is 1. The minimum Gasteiger partial charge on any atom is -0.495 e. The Hall–Kier alpha value is -5.58. The molecule has 226 valence electrons. The number of hydrogen-bond acceptors (Lipinski definition) is 11. The number of tetrazole rings is 1. The molecule has 14 heteroatoms. The second kappa shape index (κ2) is 13.6. The third-order valence-corrected chi connectivity index (χ3v) is 7.37. The zero-order valence-corrected chi connectivity index (χ0v) is 24.2. The molecule has 3 N–H and O–H groups in total. The fourth-order valence-electron chi connectivity index (χ4n) is 5.04. The minimum absolute atomic E-state index is 0.0742. The first-order valence-corrected chi connectivity index (χ1v) is 14.1. The number of hydrogen-bond donors (Lipinski definition) is 3. The number of carboxylic acid groups (broad SMARTS) is 1. The van der Waals surface area contributed by atoms with Gasteiger partial charge in [0.1, 0.15) is 30.0 Å². The zero-order chi connectivity index (χ0) is 31.1. The van der Waals surface area contributed by atoms with Crippen LogP contribution in [0.2, 0.25) is 0 Å². The van der Waals surface area contributed by atoms with Crippen LogP contribution in [-0.4, -0.2) is 66.4 Å². The quantitative estimate of drug-likeness (QED) is 0.228. The van der Waals surface area contributed by atoms with Gasteiger partial charge in [0.25, 0.3) is 5.91 Å². The number of benzene rings is 2. The molecule has 0 saturated heterocycles. The summed E-state index contributed by atoms with van der Waals surface area (Å²) in [5, 5.41) is 36.0. The van der Waals surface area contributed by atoms with E-state index in [-0.39, 0.29) is 29.9 Å². The van der Waals surface area contributed by atoms with Crippen LogP contribution in [-0.2, 0) is 11.3 Å². The van der Waals surface area contributed by atoms with Gasteiger partial charge in [-0.05, 0) is 78.9 Å². The van der Waals surface area contributed by atoms with Crippen molar-refractivity contribution in [1.29, 1.82) is 5.26 Å². The number of amides is 1. The van der Waals surface area contributed by atoms with Crippen molar-refractivity contribution in [2.24, 2.45) is 5.92 Å². The second-order valence-electron chi connectivity index (χ2n) is 10.5. The van der Waals surface area contributed by atoms with Crippen LogP contribution in [0.5, 0.6) is 11.5 Å². The molecule has 1 fully saturated rings. The number of aliphatic carboxylic acids is 1. The van der Waals surface area contributed by atoms with Crippen LogP contribution >= 0.6 is 0 Å². The first-order chi connectivity index (χ1) is 21.3. The van der Waals surface area contributed by atoms with Crippen molar-refractivity contribution < 1.29 is 24.2 Å². The number of carbonyl (C=O) groups is 2. The lowest BCUT2D eigenvalue weighted by Gasteiger charge is -2.26. The summed E-state index contributed by atoms with van der Waals surface area (Å²) in [6.07, 6.45) is 6.80. The van der Waals surface area contributed by atoms with E-state index in [0.717, 1.165) is 5.56 Å². The molecule has 14 nitrogen and oxygen atoms in total. The maximum Gasteiger partial charge on any atom is 0.306 e. The van der Waals surface area contributed by atoms with Gasteiger partial charge in [-0.3, -0.25) is 9.59 Å². The molecule has 4 aromatic rings. The summed E-state index contributed by atoms with van der Waals surface area (Å²) in [5.74, 6) is -0.178. The molecule has 1 amide bonds. The molecule has 2 aromatic carbocycles. The largest absolute Gasteiger partial charge is 0.495 e. The summed E-state index contributed by atoms with van der Waals surface area (Å²) in [6.45, 7) is 2.27. The van der Waals surface area contributed by atoms with E-state index in [1.807, 2.05) is 6.92 Å². The van der Waals surface area contributed by atoms with Crippen LogP contribution in [0.1, 0.15) is 48.5 Å². The Labute approximate surface area is 253 Å². The van der Waals surface area contributed by atoms with Crippen molar-refractivity contribution in [2.45, 2.75) is 51.3 Å². The molecule has 1 atom stereocenters. The maximum atomic E-state index is 13.0. The summed E-state index contributed by atoms with van der Waals surface area (Å²) < 4.78 is 13.0. The Morgan fingerprint density at radius 1 is 1.09 bits per heavy atom. The molecule has 0 bridgehead atoms. The van der Waals surface area contributed by atoms with Gasteiger partial charge in [-0.1, -0.05) is 6.07 Å². The summed E-state index contributed by atoms with van der Waals surface area (Å²) in [4.78, 5) is 33.1. The van der Waals surface area contributed by atoms with E-state index < -0.39 is 5.97 Å². The van der Waals surface area contributed by atoms with E-state index in [0.29, 0.717) is 66.1 Å². The van der Waals surface area contributed by atoms with E-state index >= 15 is 0 Å². The first kappa shape index (κ1) is 29.9. The number of rotatable bonds is 11. The molecule has 0 spiro atoms. The highest BCUT2D eigenvalue weighted by molar-refractivity contribution is 5.96. The summed E-state index contributed by atoms with van der Waals surface area (Å²) in [7, 11) is 1.53. The van der Waals surface area contributed by atoms with Crippen LogP contribution < -0.4 is 20.1 Å². The van der Waals surface area contributed by atoms with Gasteiger partial charge in [-0.25, -0.2) is 14.6 Å². The van der Waals surface area contributed by atoms with Gasteiger partial charge in [-0.15, -0.1) is 5.10 Å². The molecule has 1 unspecified atom stereocenters. The molecular formula is C30H31N9O5. The number of ether oxygens (including phenoxy) is 2. The van der Waals surface area contributed by atoms with E-state index in [2.05, 4.69) is 42.2 Å². The molecule has 2 heterocycles. The van der Waals surface area contributed by atoms with Crippen LogP contribution in [0.25, 0.3) is 11.1 Å². The Morgan fingerprint density at radius 3 is 2.52 bits per heavy atom. The lowest BCUT2D eigenvalue weighted by atomic mass is 9.86. The molecule has 44 heavy (non-hydrogen) atoms. The van der Waals surface area contributed by atoms with Crippen LogP contribution in [0.4, 0.5) is 11.6 Å². The van der Waals surface area contributed by atoms with Gasteiger partial charge in [0.05, 0.1) is 30.8 Å². The van der Waals surface area contributed by atoms with Gasteiger partial charge >= 0.3 is 5.97 Å². The van der Waals surface area contributed by atoms with Gasteiger partial charge in [0.15, 0.2) is 0 Å². The Kier molecular flexibility index (Phi) is 9.24. The number of anilines is 2. The monoisotopic (exact) mass is 597 g/mol. The average molecular weight is 598 g/mol. The standard InChI is InChI=1S/C30H31N9O5/c1-18(16-39-17-34-37-38-39)44-27-12-20(3-4-22(27)13-31)23-14-32-30(33-15-23)36-25-11-21(7-10-26(25)43-2)28(40)35-24-8-5-19(6-9-24)29(41)42/h3-4,7,10-12,14-15,17-19,24H,5-6,8-9,16H2,1-2H3,(H,35,40)(H,41,42)(H,32,33,36). The van der Waals surface area contributed by atoms with Gasteiger partial charge in [-0.2, -0.15) is 5.26 Å². The highest BCUT2D eigenvalue weighted by Crippen LogP contribution is 2.31. The fourth-order valence-corrected chi connectivity index (χ4v) is 5.04. The minimum atomic E-state index is -0.783. The number of nitriles is 1. The highest BCUT2D eigenvalue weighted by atomic mass is 16.5. The number of methoxy groups -OCH3 is 1. The topological polar surface area (TPSA) is 190 Å². The molecule has 1 aliphatic carbocycles.